The van der Waals surface area contributed by atoms with Crippen LogP contribution >= 0.6 is 0 Å². The van der Waals surface area contributed by atoms with Crippen molar-refractivity contribution in [3.63, 3.8) is 0 Å². The van der Waals surface area contributed by atoms with Crippen molar-refractivity contribution in [2.45, 2.75) is 19.0 Å². The second kappa shape index (κ2) is 1.46. The molecule has 0 aromatic carbocycles. The summed E-state index contributed by atoms with van der Waals surface area (Å²) in [7, 11) is 2.09. The fourth-order valence-electron chi connectivity index (χ4n) is 0.840. The average Bonchev–Trinajstić information content (AvgIpc) is 1.68. The highest BCUT2D eigenvalue weighted by Crippen LogP contribution is 2.10. The van der Waals surface area contributed by atoms with E-state index in [-0.39, 0.29) is 0 Å². The topological polar surface area (TPSA) is 29.3 Å². The molecule has 0 bridgehead atoms. The van der Waals surface area contributed by atoms with Crippen LogP contribution < -0.4 is 5.73 Å². The summed E-state index contributed by atoms with van der Waals surface area (Å²) in [6, 6.07) is 1.05. The third-order valence-electron chi connectivity index (χ3n) is 1.81. The fourth-order valence-corrected chi connectivity index (χ4v) is 0.840. The molecule has 0 amide bonds. The Morgan fingerprint density at radius 1 is 1.71 bits per heavy atom. The van der Waals surface area contributed by atoms with Crippen LogP contribution in [0.25, 0.3) is 0 Å². The van der Waals surface area contributed by atoms with Crippen LogP contribution in [0.5, 0.6) is 0 Å². The highest BCUT2D eigenvalue weighted by atomic mass is 15.2. The molecule has 1 saturated heterocycles. The first-order valence-electron chi connectivity index (χ1n) is 2.67. The van der Waals surface area contributed by atoms with Crippen molar-refractivity contribution in [1.82, 2.24) is 4.90 Å². The van der Waals surface area contributed by atoms with Crippen molar-refractivity contribution in [3.05, 3.63) is 0 Å². The zero-order chi connectivity index (χ0) is 5.44. The van der Waals surface area contributed by atoms with Gasteiger partial charge in [0.1, 0.15) is 0 Å². The SMILES string of the molecule is C[C@H]1[C@@H](N)CN1C. The van der Waals surface area contributed by atoms with Gasteiger partial charge in [-0.15, -0.1) is 0 Å². The van der Waals surface area contributed by atoms with Crippen LogP contribution in [0.2, 0.25) is 0 Å². The first-order chi connectivity index (χ1) is 3.22. The van der Waals surface area contributed by atoms with Gasteiger partial charge in [0.15, 0.2) is 0 Å². The van der Waals surface area contributed by atoms with E-state index in [4.69, 9.17) is 5.73 Å². The van der Waals surface area contributed by atoms with E-state index in [0.717, 1.165) is 6.54 Å². The minimum absolute atomic E-state index is 0.435. The number of hydrogen-bond donors (Lipinski definition) is 1. The summed E-state index contributed by atoms with van der Waals surface area (Å²) in [6.45, 7) is 3.22. The first kappa shape index (κ1) is 5.06. The number of rotatable bonds is 0. The molecule has 2 heteroatoms. The number of likely N-dealkylation sites (N-methyl/N-ethyl adjacent to an activating group) is 1. The molecule has 2 nitrogen and oxygen atoms in total. The van der Waals surface area contributed by atoms with E-state index in [9.17, 15) is 0 Å². The number of likely N-dealkylation sites (tertiary alicyclic amines) is 1. The van der Waals surface area contributed by atoms with Crippen LogP contribution in [-0.4, -0.2) is 30.6 Å². The molecular weight excluding hydrogens is 88.1 g/mol. The van der Waals surface area contributed by atoms with E-state index in [2.05, 4.69) is 18.9 Å². The molecule has 1 aliphatic heterocycles. The second-order valence-electron chi connectivity index (χ2n) is 2.34. The minimum Gasteiger partial charge on any atom is -0.325 e. The Hall–Kier alpha value is -0.0800. The molecule has 0 spiro atoms. The molecule has 2 atom stereocenters. The van der Waals surface area contributed by atoms with Crippen molar-refractivity contribution in [2.24, 2.45) is 5.73 Å². The third kappa shape index (κ3) is 0.640. The Morgan fingerprint density at radius 3 is 2.29 bits per heavy atom. The van der Waals surface area contributed by atoms with E-state index in [1.807, 2.05) is 0 Å². The molecule has 0 aliphatic carbocycles. The molecule has 1 aliphatic rings. The van der Waals surface area contributed by atoms with Gasteiger partial charge in [-0.25, -0.2) is 0 Å². The average molecular weight is 100 g/mol. The van der Waals surface area contributed by atoms with E-state index in [1.54, 1.807) is 0 Å². The fraction of sp³-hybridized carbons (Fsp3) is 1.00. The van der Waals surface area contributed by atoms with Gasteiger partial charge in [-0.2, -0.15) is 0 Å². The summed E-state index contributed by atoms with van der Waals surface area (Å²) in [5, 5.41) is 0. The van der Waals surface area contributed by atoms with Gasteiger partial charge in [0.2, 0.25) is 0 Å². The monoisotopic (exact) mass is 100 g/mol. The summed E-state index contributed by atoms with van der Waals surface area (Å²) in [5.41, 5.74) is 5.57. The molecule has 1 fully saturated rings. The van der Waals surface area contributed by atoms with Crippen LogP contribution in [0, 0.1) is 0 Å². The molecule has 0 radical (unpaired) electrons. The van der Waals surface area contributed by atoms with Crippen molar-refractivity contribution >= 4 is 0 Å². The Kier molecular flexibility index (Phi) is 1.05. The van der Waals surface area contributed by atoms with Crippen molar-refractivity contribution in [3.8, 4) is 0 Å². The van der Waals surface area contributed by atoms with Crippen molar-refractivity contribution in [1.29, 1.82) is 0 Å². The Bertz CT molecular complexity index is 64.5. The van der Waals surface area contributed by atoms with Crippen LogP contribution in [0.3, 0.4) is 0 Å². The summed E-state index contributed by atoms with van der Waals surface area (Å²) < 4.78 is 0. The lowest BCUT2D eigenvalue weighted by Crippen LogP contribution is -2.60. The summed E-state index contributed by atoms with van der Waals surface area (Å²) >= 11 is 0. The molecule has 1 rings (SSSR count). The van der Waals surface area contributed by atoms with Crippen LogP contribution in [0.1, 0.15) is 6.92 Å². The van der Waals surface area contributed by atoms with Crippen LogP contribution in [0.15, 0.2) is 0 Å². The number of nitrogens with zero attached hydrogens (tertiary/aromatic N) is 1. The molecule has 7 heavy (non-hydrogen) atoms. The van der Waals surface area contributed by atoms with E-state index in [1.165, 1.54) is 0 Å². The van der Waals surface area contributed by atoms with Crippen molar-refractivity contribution in [2.75, 3.05) is 13.6 Å². The number of hydrogen-bond acceptors (Lipinski definition) is 2. The lowest BCUT2D eigenvalue weighted by Gasteiger charge is -2.41. The minimum atomic E-state index is 0.435. The lowest BCUT2D eigenvalue weighted by atomic mass is 10.0. The first-order valence-corrected chi connectivity index (χ1v) is 2.67. The molecular formula is C5H12N2. The summed E-state index contributed by atoms with van der Waals surface area (Å²) in [5.74, 6) is 0. The molecule has 0 aromatic rings. The normalized spacial score (nSPS) is 43.3. The Morgan fingerprint density at radius 2 is 2.29 bits per heavy atom. The van der Waals surface area contributed by atoms with Gasteiger partial charge in [-0.05, 0) is 14.0 Å². The predicted molar refractivity (Wildman–Crippen MR) is 30.1 cm³/mol. The molecule has 42 valence electrons. The molecule has 1 heterocycles. The maximum Gasteiger partial charge on any atom is 0.0323 e. The maximum atomic E-state index is 5.57. The van der Waals surface area contributed by atoms with Gasteiger partial charge < -0.3 is 10.6 Å². The number of nitrogens with two attached hydrogens (primary N) is 1. The highest BCUT2D eigenvalue weighted by molar-refractivity contribution is 4.88. The molecule has 0 saturated carbocycles. The second-order valence-corrected chi connectivity index (χ2v) is 2.34. The zero-order valence-corrected chi connectivity index (χ0v) is 4.89. The van der Waals surface area contributed by atoms with Crippen LogP contribution in [0.4, 0.5) is 0 Å². The predicted octanol–water partition coefficient (Wildman–Crippen LogP) is -0.352. The van der Waals surface area contributed by atoms with E-state index in [0.29, 0.717) is 12.1 Å². The lowest BCUT2D eigenvalue weighted by molar-refractivity contribution is 0.109. The van der Waals surface area contributed by atoms with Gasteiger partial charge in [0, 0.05) is 18.6 Å². The maximum absolute atomic E-state index is 5.57. The van der Waals surface area contributed by atoms with Gasteiger partial charge in [0.05, 0.1) is 0 Å². The molecule has 2 N–H and O–H groups in total. The Balaban J connectivity index is 2.29. The highest BCUT2D eigenvalue weighted by Gasteiger charge is 2.28. The van der Waals surface area contributed by atoms with E-state index < -0.39 is 0 Å². The summed E-state index contributed by atoms with van der Waals surface area (Å²) in [6.07, 6.45) is 0. The molecule has 0 unspecified atom stereocenters. The van der Waals surface area contributed by atoms with Gasteiger partial charge >= 0.3 is 0 Å². The van der Waals surface area contributed by atoms with Crippen LogP contribution in [-0.2, 0) is 0 Å². The van der Waals surface area contributed by atoms with Crippen molar-refractivity contribution < 1.29 is 0 Å². The van der Waals surface area contributed by atoms with Gasteiger partial charge in [0.25, 0.3) is 0 Å². The smallest absolute Gasteiger partial charge is 0.0323 e. The summed E-state index contributed by atoms with van der Waals surface area (Å²) in [4.78, 5) is 2.24. The molecule has 0 aromatic heterocycles. The quantitative estimate of drug-likeness (QED) is 0.450. The Labute approximate surface area is 44.3 Å². The van der Waals surface area contributed by atoms with Gasteiger partial charge in [-0.3, -0.25) is 0 Å². The standard InChI is InChI=1S/C5H12N2/c1-4-5(6)3-7(4)2/h4-5H,3,6H2,1-2H3/t4-,5-/m0/s1. The zero-order valence-electron chi connectivity index (χ0n) is 4.89. The largest absolute Gasteiger partial charge is 0.325 e. The third-order valence-corrected chi connectivity index (χ3v) is 1.81. The van der Waals surface area contributed by atoms with E-state index >= 15 is 0 Å². The van der Waals surface area contributed by atoms with Gasteiger partial charge in [-0.1, -0.05) is 0 Å².